The Morgan fingerprint density at radius 3 is 2.79 bits per heavy atom. The van der Waals surface area contributed by atoms with Crippen molar-refractivity contribution in [1.82, 2.24) is 19.7 Å². The number of fused-ring (bicyclic) bond motifs is 2. The highest BCUT2D eigenvalue weighted by Gasteiger charge is 2.42. The fourth-order valence-corrected chi connectivity index (χ4v) is 5.02. The molecule has 1 aromatic carbocycles. The molecule has 33 heavy (non-hydrogen) atoms. The Labute approximate surface area is 189 Å². The molecule has 168 valence electrons. The Morgan fingerprint density at radius 2 is 2.12 bits per heavy atom. The lowest BCUT2D eigenvalue weighted by atomic mass is 9.68. The van der Waals surface area contributed by atoms with Crippen molar-refractivity contribution in [3.05, 3.63) is 53.1 Å². The quantitative estimate of drug-likeness (QED) is 0.443. The summed E-state index contributed by atoms with van der Waals surface area (Å²) >= 11 is 0. The van der Waals surface area contributed by atoms with Gasteiger partial charge in [-0.1, -0.05) is 13.8 Å². The number of carboxylic acid groups (broad SMARTS) is 1. The average molecular weight is 445 g/mol. The van der Waals surface area contributed by atoms with Crippen LogP contribution in [0.25, 0.3) is 27.8 Å². The fraction of sp³-hybridized carbons (Fsp3) is 0.360. The summed E-state index contributed by atoms with van der Waals surface area (Å²) in [5.41, 5.74) is 4.90. The van der Waals surface area contributed by atoms with Crippen molar-refractivity contribution in [2.45, 2.75) is 51.4 Å². The van der Waals surface area contributed by atoms with E-state index in [4.69, 9.17) is 4.98 Å². The number of H-pyrrole nitrogens is 1. The van der Waals surface area contributed by atoms with Gasteiger partial charge in [-0.05, 0) is 55.5 Å². The topological polar surface area (TPSA) is 108 Å². The smallest absolute Gasteiger partial charge is 0.306 e. The molecule has 0 saturated heterocycles. The molecule has 0 spiro atoms. The van der Waals surface area contributed by atoms with E-state index in [-0.39, 0.29) is 24.1 Å². The molecule has 5 rings (SSSR count). The Kier molecular flexibility index (Phi) is 4.74. The third-order valence-electron chi connectivity index (χ3n) is 6.84. The highest BCUT2D eigenvalue weighted by molar-refractivity contribution is 5.94. The SMILES string of the molecule is Cc1cc(-n2c(C(C)(C)CC#N)c(C3CC(C(=O)O)C3)c3nc4[nH]ncc4cc32)ccc1F. The van der Waals surface area contributed by atoms with Crippen molar-refractivity contribution < 1.29 is 14.3 Å². The molecule has 1 saturated carbocycles. The van der Waals surface area contributed by atoms with Crippen LogP contribution in [0, 0.1) is 30.0 Å². The Morgan fingerprint density at radius 1 is 1.36 bits per heavy atom. The minimum Gasteiger partial charge on any atom is -0.481 e. The monoisotopic (exact) mass is 445 g/mol. The molecule has 1 aliphatic carbocycles. The third kappa shape index (κ3) is 3.27. The Balaban J connectivity index is 1.87. The Bertz CT molecular complexity index is 1450. The van der Waals surface area contributed by atoms with Crippen LogP contribution in [0.5, 0.6) is 0 Å². The number of nitrogens with one attached hydrogen (secondary N) is 1. The molecule has 3 aromatic heterocycles. The molecule has 0 unspecified atom stereocenters. The number of carboxylic acids is 1. The second-order valence-corrected chi connectivity index (χ2v) is 9.62. The van der Waals surface area contributed by atoms with Gasteiger partial charge in [-0.15, -0.1) is 0 Å². The predicted octanol–water partition coefficient (Wildman–Crippen LogP) is 5.12. The summed E-state index contributed by atoms with van der Waals surface area (Å²) in [6.07, 6.45) is 3.02. The van der Waals surface area contributed by atoms with Crippen molar-refractivity contribution in [1.29, 1.82) is 5.26 Å². The summed E-state index contributed by atoms with van der Waals surface area (Å²) in [7, 11) is 0. The van der Waals surface area contributed by atoms with Gasteiger partial charge >= 0.3 is 5.97 Å². The number of hydrogen-bond acceptors (Lipinski definition) is 4. The minimum absolute atomic E-state index is 0.0113. The van der Waals surface area contributed by atoms with Crippen LogP contribution < -0.4 is 0 Å². The molecule has 4 aromatic rings. The van der Waals surface area contributed by atoms with E-state index < -0.39 is 11.4 Å². The van der Waals surface area contributed by atoms with Crippen molar-refractivity contribution in [3.8, 4) is 11.8 Å². The summed E-state index contributed by atoms with van der Waals surface area (Å²) < 4.78 is 16.2. The second kappa shape index (κ2) is 7.41. The number of aliphatic carboxylic acids is 1. The zero-order valence-corrected chi connectivity index (χ0v) is 18.7. The zero-order chi connectivity index (χ0) is 23.5. The van der Waals surface area contributed by atoms with Gasteiger partial charge in [0.05, 0.1) is 29.2 Å². The lowest BCUT2D eigenvalue weighted by Gasteiger charge is -2.35. The van der Waals surface area contributed by atoms with E-state index >= 15 is 0 Å². The highest BCUT2D eigenvalue weighted by atomic mass is 19.1. The first-order valence-corrected chi connectivity index (χ1v) is 11.0. The van der Waals surface area contributed by atoms with Gasteiger partial charge in [0.15, 0.2) is 5.65 Å². The average Bonchev–Trinajstić information content (AvgIpc) is 3.29. The summed E-state index contributed by atoms with van der Waals surface area (Å²) in [5.74, 6) is -1.45. The number of pyridine rings is 1. The van der Waals surface area contributed by atoms with E-state index in [2.05, 4.69) is 20.8 Å². The Hall–Kier alpha value is -3.73. The van der Waals surface area contributed by atoms with Gasteiger partial charge < -0.3 is 9.67 Å². The van der Waals surface area contributed by atoms with Crippen molar-refractivity contribution in [3.63, 3.8) is 0 Å². The molecule has 1 fully saturated rings. The van der Waals surface area contributed by atoms with E-state index in [1.54, 1.807) is 25.3 Å². The largest absolute Gasteiger partial charge is 0.481 e. The number of halogens is 1. The number of carbonyl (C=O) groups is 1. The van der Waals surface area contributed by atoms with Gasteiger partial charge in [-0.2, -0.15) is 10.4 Å². The van der Waals surface area contributed by atoms with E-state index in [1.165, 1.54) is 6.07 Å². The number of aromatic nitrogens is 4. The van der Waals surface area contributed by atoms with Gasteiger partial charge in [0.1, 0.15) is 5.82 Å². The molecule has 0 amide bonds. The molecule has 0 aliphatic heterocycles. The van der Waals surface area contributed by atoms with Crippen molar-refractivity contribution in [2.24, 2.45) is 5.92 Å². The van der Waals surface area contributed by atoms with E-state index in [9.17, 15) is 19.6 Å². The molecule has 0 radical (unpaired) electrons. The normalized spacial score (nSPS) is 18.4. The first kappa shape index (κ1) is 21.1. The van der Waals surface area contributed by atoms with Crippen molar-refractivity contribution in [2.75, 3.05) is 0 Å². The maximum atomic E-state index is 14.1. The van der Waals surface area contributed by atoms with E-state index in [0.29, 0.717) is 24.1 Å². The zero-order valence-electron chi connectivity index (χ0n) is 18.7. The maximum Gasteiger partial charge on any atom is 0.306 e. The summed E-state index contributed by atoms with van der Waals surface area (Å²) in [4.78, 5) is 16.4. The number of nitriles is 1. The van der Waals surface area contributed by atoms with Gasteiger partial charge in [0.25, 0.3) is 0 Å². The maximum absolute atomic E-state index is 14.1. The number of benzene rings is 1. The predicted molar refractivity (Wildman–Crippen MR) is 122 cm³/mol. The summed E-state index contributed by atoms with van der Waals surface area (Å²) in [6, 6.07) is 9.29. The number of hydrogen-bond donors (Lipinski definition) is 2. The van der Waals surface area contributed by atoms with Crippen LogP contribution in [0.4, 0.5) is 4.39 Å². The number of aromatic amines is 1. The standard InChI is InChI=1S/C25H24FN5O2/c1-13-8-17(4-5-18(13)26)31-19-11-16-12-28-30-23(16)29-21(19)20(14-9-15(10-14)24(32)33)22(31)25(2,3)6-7-27/h4-5,8,11-12,14-15H,6,9-10H2,1-3H3,(H,32,33)(H,28,29,30). The van der Waals surface area contributed by atoms with Gasteiger partial charge in [0.2, 0.25) is 0 Å². The fourth-order valence-electron chi connectivity index (χ4n) is 5.02. The number of nitrogens with zero attached hydrogens (tertiary/aromatic N) is 4. The van der Waals surface area contributed by atoms with Crippen LogP contribution in [-0.2, 0) is 10.2 Å². The first-order chi connectivity index (χ1) is 15.7. The van der Waals surface area contributed by atoms with Crippen LogP contribution in [0.15, 0.2) is 30.5 Å². The van der Waals surface area contributed by atoms with Crippen molar-refractivity contribution >= 4 is 28.0 Å². The number of rotatable bonds is 5. The molecular formula is C25H24FN5O2. The summed E-state index contributed by atoms with van der Waals surface area (Å²) in [6.45, 7) is 5.75. The van der Waals surface area contributed by atoms with Crippen LogP contribution >= 0.6 is 0 Å². The molecule has 7 nitrogen and oxygen atoms in total. The third-order valence-corrected chi connectivity index (χ3v) is 6.84. The molecule has 3 heterocycles. The highest BCUT2D eigenvalue weighted by Crippen LogP contribution is 2.50. The molecule has 2 N–H and O–H groups in total. The lowest BCUT2D eigenvalue weighted by molar-refractivity contribution is -0.145. The molecule has 0 bridgehead atoms. The second-order valence-electron chi connectivity index (χ2n) is 9.62. The minimum atomic E-state index is -0.786. The van der Waals surface area contributed by atoms with Crippen LogP contribution in [0.3, 0.4) is 0 Å². The van der Waals surface area contributed by atoms with Gasteiger partial charge in [-0.25, -0.2) is 9.37 Å². The van der Waals surface area contributed by atoms with Gasteiger partial charge in [-0.3, -0.25) is 9.89 Å². The van der Waals surface area contributed by atoms with Crippen LogP contribution in [0.2, 0.25) is 0 Å². The van der Waals surface area contributed by atoms with Gasteiger partial charge in [0, 0.05) is 34.2 Å². The lowest BCUT2D eigenvalue weighted by Crippen LogP contribution is -2.31. The van der Waals surface area contributed by atoms with E-state index in [0.717, 1.165) is 33.4 Å². The molecule has 1 aliphatic rings. The van der Waals surface area contributed by atoms with E-state index in [1.807, 2.05) is 19.9 Å². The molecular weight excluding hydrogens is 421 g/mol. The first-order valence-electron chi connectivity index (χ1n) is 11.0. The molecule has 0 atom stereocenters. The number of aryl methyl sites for hydroxylation is 1. The van der Waals surface area contributed by atoms with Crippen LogP contribution in [-0.4, -0.2) is 30.8 Å². The molecule has 8 heteroatoms. The summed E-state index contributed by atoms with van der Waals surface area (Å²) in [5, 5.41) is 26.9. The van der Waals surface area contributed by atoms with Crippen LogP contribution in [0.1, 0.15) is 55.8 Å².